The molecular weight excluding hydrogens is 256 g/mol. The second-order valence-corrected chi connectivity index (χ2v) is 5.84. The lowest BCUT2D eigenvalue weighted by atomic mass is 9.98. The number of carbonyl (C=O) groups excluding carboxylic acids is 2. The molecule has 20 heavy (non-hydrogen) atoms. The smallest absolute Gasteiger partial charge is 0.239 e. The van der Waals surface area contributed by atoms with Crippen LogP contribution in [0, 0.1) is 5.92 Å². The van der Waals surface area contributed by atoms with Gasteiger partial charge in [-0.1, -0.05) is 26.7 Å². The maximum Gasteiger partial charge on any atom is 0.239 e. The second-order valence-electron chi connectivity index (χ2n) is 5.84. The molecule has 0 aliphatic heterocycles. The third-order valence-corrected chi connectivity index (χ3v) is 4.33. The maximum atomic E-state index is 11.7. The molecule has 0 heterocycles. The number of hydrogen-bond acceptors (Lipinski definition) is 3. The van der Waals surface area contributed by atoms with Crippen molar-refractivity contribution in [3.8, 4) is 0 Å². The Labute approximate surface area is 121 Å². The summed E-state index contributed by atoms with van der Waals surface area (Å²) in [4.78, 5) is 23.3. The molecule has 0 unspecified atom stereocenters. The van der Waals surface area contributed by atoms with Gasteiger partial charge >= 0.3 is 0 Å². The van der Waals surface area contributed by atoms with Gasteiger partial charge in [-0.3, -0.25) is 9.59 Å². The number of carbonyl (C=O) groups is 2. The van der Waals surface area contributed by atoms with Crippen molar-refractivity contribution in [2.45, 2.75) is 64.4 Å². The van der Waals surface area contributed by atoms with E-state index in [1.165, 1.54) is 12.8 Å². The summed E-state index contributed by atoms with van der Waals surface area (Å²) in [5.74, 6) is 0.196. The van der Waals surface area contributed by atoms with Gasteiger partial charge in [0.05, 0.1) is 12.1 Å². The summed E-state index contributed by atoms with van der Waals surface area (Å²) in [5, 5.41) is 15.4. The molecule has 0 atom stereocenters. The van der Waals surface area contributed by atoms with Crippen molar-refractivity contribution < 1.29 is 14.7 Å². The van der Waals surface area contributed by atoms with Crippen LogP contribution in [0.15, 0.2) is 0 Å². The van der Waals surface area contributed by atoms with Crippen molar-refractivity contribution in [1.82, 2.24) is 10.6 Å². The van der Waals surface area contributed by atoms with Gasteiger partial charge in [-0.05, 0) is 31.6 Å². The van der Waals surface area contributed by atoms with E-state index in [1.54, 1.807) is 0 Å². The zero-order valence-corrected chi connectivity index (χ0v) is 12.7. The van der Waals surface area contributed by atoms with E-state index in [4.69, 9.17) is 0 Å². The predicted molar refractivity (Wildman–Crippen MR) is 78.1 cm³/mol. The van der Waals surface area contributed by atoms with Crippen molar-refractivity contribution >= 4 is 11.8 Å². The molecule has 0 saturated heterocycles. The van der Waals surface area contributed by atoms with Gasteiger partial charge in [0.2, 0.25) is 11.8 Å². The Kier molecular flexibility index (Phi) is 6.99. The van der Waals surface area contributed by atoms with E-state index >= 15 is 0 Å². The molecule has 5 nitrogen and oxygen atoms in total. The van der Waals surface area contributed by atoms with E-state index in [9.17, 15) is 14.7 Å². The van der Waals surface area contributed by atoms with E-state index in [0.29, 0.717) is 25.2 Å². The molecule has 116 valence electrons. The quantitative estimate of drug-likeness (QED) is 0.629. The van der Waals surface area contributed by atoms with Gasteiger partial charge in [0, 0.05) is 13.0 Å². The molecule has 5 heteroatoms. The van der Waals surface area contributed by atoms with Crippen LogP contribution in [0.1, 0.15) is 58.8 Å². The molecule has 1 aliphatic carbocycles. The Morgan fingerprint density at radius 2 is 1.70 bits per heavy atom. The monoisotopic (exact) mass is 284 g/mol. The number of nitrogens with one attached hydrogen (secondary N) is 2. The number of hydrogen-bond donors (Lipinski definition) is 3. The molecule has 0 aromatic heterocycles. The van der Waals surface area contributed by atoms with Gasteiger partial charge in [-0.25, -0.2) is 0 Å². The van der Waals surface area contributed by atoms with E-state index in [1.807, 2.05) is 13.8 Å². The average Bonchev–Trinajstić information content (AvgIpc) is 2.95. The minimum Gasteiger partial charge on any atom is -0.388 e. The molecule has 3 N–H and O–H groups in total. The molecule has 1 aliphatic rings. The van der Waals surface area contributed by atoms with Gasteiger partial charge in [-0.15, -0.1) is 0 Å². The summed E-state index contributed by atoms with van der Waals surface area (Å²) < 4.78 is 0. The van der Waals surface area contributed by atoms with Crippen molar-refractivity contribution in [3.05, 3.63) is 0 Å². The molecular formula is C15H28N2O3. The molecule has 1 fully saturated rings. The molecule has 0 bridgehead atoms. The Bertz CT molecular complexity index is 321. The fourth-order valence-electron chi connectivity index (χ4n) is 2.55. The number of amides is 2. The van der Waals surface area contributed by atoms with Crippen LogP contribution in [0.4, 0.5) is 0 Å². The second kappa shape index (κ2) is 8.25. The molecule has 0 radical (unpaired) electrons. The predicted octanol–water partition coefficient (Wildman–Crippen LogP) is 1.35. The minimum atomic E-state index is -0.844. The lowest BCUT2D eigenvalue weighted by Crippen LogP contribution is -2.45. The molecule has 0 spiro atoms. The van der Waals surface area contributed by atoms with Crippen LogP contribution >= 0.6 is 0 Å². The largest absolute Gasteiger partial charge is 0.388 e. The first-order valence-electron chi connectivity index (χ1n) is 7.75. The van der Waals surface area contributed by atoms with Crippen molar-refractivity contribution in [2.75, 3.05) is 13.1 Å². The molecule has 0 aromatic carbocycles. The third-order valence-electron chi connectivity index (χ3n) is 4.33. The first kappa shape index (κ1) is 17.0. The number of rotatable bonds is 8. The van der Waals surface area contributed by atoms with Crippen molar-refractivity contribution in [2.24, 2.45) is 5.92 Å². The fraction of sp³-hybridized carbons (Fsp3) is 0.867. The molecule has 1 saturated carbocycles. The fourth-order valence-corrected chi connectivity index (χ4v) is 2.55. The highest BCUT2D eigenvalue weighted by molar-refractivity contribution is 5.84. The van der Waals surface area contributed by atoms with E-state index in [0.717, 1.165) is 12.8 Å². The summed E-state index contributed by atoms with van der Waals surface area (Å²) in [6, 6.07) is 0. The Morgan fingerprint density at radius 3 is 2.25 bits per heavy atom. The summed E-state index contributed by atoms with van der Waals surface area (Å²) >= 11 is 0. The van der Waals surface area contributed by atoms with Crippen molar-refractivity contribution in [1.29, 1.82) is 0 Å². The Balaban J connectivity index is 2.17. The highest BCUT2D eigenvalue weighted by Gasteiger charge is 2.23. The Hall–Kier alpha value is -1.10. The van der Waals surface area contributed by atoms with E-state index in [2.05, 4.69) is 10.6 Å². The number of aliphatic hydroxyl groups is 1. The van der Waals surface area contributed by atoms with Crippen LogP contribution in [0.25, 0.3) is 0 Å². The highest BCUT2D eigenvalue weighted by atomic mass is 16.3. The Morgan fingerprint density at radius 1 is 1.10 bits per heavy atom. The zero-order chi connectivity index (χ0) is 15.0. The standard InChI is InChI=1S/C15H28N2O3/c1-3-15(20,4-2)11-17-14(19)10-16-13(18)9-12-7-5-6-8-12/h12,20H,3-11H2,1-2H3,(H,16,18)(H,17,19). The van der Waals surface area contributed by atoms with Crippen LogP contribution in [0.5, 0.6) is 0 Å². The first-order chi connectivity index (χ1) is 9.49. The SMILES string of the molecule is CCC(O)(CC)CNC(=O)CNC(=O)CC1CCCC1. The third kappa shape index (κ3) is 5.90. The normalized spacial score (nSPS) is 16.1. The van der Waals surface area contributed by atoms with Crippen LogP contribution in [-0.4, -0.2) is 35.6 Å². The van der Waals surface area contributed by atoms with E-state index < -0.39 is 5.60 Å². The summed E-state index contributed by atoms with van der Waals surface area (Å²) in [5.41, 5.74) is -0.844. The van der Waals surface area contributed by atoms with Gasteiger partial charge in [-0.2, -0.15) is 0 Å². The summed E-state index contributed by atoms with van der Waals surface area (Å²) in [7, 11) is 0. The van der Waals surface area contributed by atoms with Gasteiger partial charge < -0.3 is 15.7 Å². The van der Waals surface area contributed by atoms with E-state index in [-0.39, 0.29) is 24.9 Å². The van der Waals surface area contributed by atoms with Crippen LogP contribution in [0.2, 0.25) is 0 Å². The van der Waals surface area contributed by atoms with Gasteiger partial charge in [0.25, 0.3) is 0 Å². The zero-order valence-electron chi connectivity index (χ0n) is 12.7. The highest BCUT2D eigenvalue weighted by Crippen LogP contribution is 2.27. The summed E-state index contributed by atoms with van der Waals surface area (Å²) in [6.45, 7) is 4.00. The summed E-state index contributed by atoms with van der Waals surface area (Å²) in [6.07, 6.45) is 6.40. The first-order valence-corrected chi connectivity index (χ1v) is 7.75. The van der Waals surface area contributed by atoms with Gasteiger partial charge in [0.15, 0.2) is 0 Å². The van der Waals surface area contributed by atoms with Crippen molar-refractivity contribution in [3.63, 3.8) is 0 Å². The van der Waals surface area contributed by atoms with Crippen LogP contribution in [-0.2, 0) is 9.59 Å². The van der Waals surface area contributed by atoms with Crippen LogP contribution < -0.4 is 10.6 Å². The average molecular weight is 284 g/mol. The van der Waals surface area contributed by atoms with Gasteiger partial charge in [0.1, 0.15) is 0 Å². The lowest BCUT2D eigenvalue weighted by Gasteiger charge is -2.25. The lowest BCUT2D eigenvalue weighted by molar-refractivity contribution is -0.127. The topological polar surface area (TPSA) is 78.4 Å². The molecule has 1 rings (SSSR count). The molecule has 2 amide bonds. The minimum absolute atomic E-state index is 0.00490. The van der Waals surface area contributed by atoms with Crippen LogP contribution in [0.3, 0.4) is 0 Å². The maximum absolute atomic E-state index is 11.7. The molecule has 0 aromatic rings.